The van der Waals surface area contributed by atoms with Gasteiger partial charge in [0.25, 0.3) is 0 Å². The van der Waals surface area contributed by atoms with Crippen molar-refractivity contribution in [2.45, 2.75) is 31.7 Å². The molecule has 2 N–H and O–H groups in total. The predicted octanol–water partition coefficient (Wildman–Crippen LogP) is 5.16. The lowest BCUT2D eigenvalue weighted by Gasteiger charge is -2.10. The number of rotatable bonds is 5. The van der Waals surface area contributed by atoms with E-state index in [-0.39, 0.29) is 5.82 Å². The molecule has 152 valence electrons. The monoisotopic (exact) mass is 421 g/mol. The third kappa shape index (κ3) is 3.80. The average molecular weight is 422 g/mol. The number of hydrogen-bond donors (Lipinski definition) is 2. The van der Waals surface area contributed by atoms with Gasteiger partial charge in [-0.1, -0.05) is 11.6 Å². The van der Waals surface area contributed by atoms with Crippen LogP contribution in [0.5, 0.6) is 0 Å². The second-order valence-electron chi connectivity index (χ2n) is 7.66. The molecule has 0 bridgehead atoms. The molecule has 30 heavy (non-hydrogen) atoms. The summed E-state index contributed by atoms with van der Waals surface area (Å²) in [4.78, 5) is 16.8. The molecule has 0 aliphatic carbocycles. The summed E-state index contributed by atoms with van der Waals surface area (Å²) in [6, 6.07) is 10.9. The van der Waals surface area contributed by atoms with Crippen molar-refractivity contribution in [2.24, 2.45) is 0 Å². The maximum absolute atomic E-state index is 14.4. The molecule has 0 unspecified atom stereocenters. The second kappa shape index (κ2) is 8.13. The Kier molecular flexibility index (Phi) is 5.19. The Morgan fingerprint density at radius 3 is 2.90 bits per heavy atom. The molecular formula is C23H21ClFN5. The van der Waals surface area contributed by atoms with Crippen LogP contribution in [0.25, 0.3) is 33.7 Å². The van der Waals surface area contributed by atoms with Crippen molar-refractivity contribution in [2.75, 3.05) is 6.54 Å². The van der Waals surface area contributed by atoms with Crippen molar-refractivity contribution in [3.63, 3.8) is 0 Å². The highest BCUT2D eigenvalue weighted by molar-refractivity contribution is 6.30. The zero-order valence-corrected chi connectivity index (χ0v) is 17.1. The molecule has 5 rings (SSSR count). The lowest BCUT2D eigenvalue weighted by molar-refractivity contribution is 0.559. The molecule has 4 heterocycles. The highest BCUT2D eigenvalue weighted by atomic mass is 35.5. The van der Waals surface area contributed by atoms with Gasteiger partial charge in [0.1, 0.15) is 11.5 Å². The number of nitrogens with zero attached hydrogens (tertiary/aromatic N) is 3. The Hall–Kier alpha value is -2.83. The van der Waals surface area contributed by atoms with Gasteiger partial charge < -0.3 is 10.3 Å². The van der Waals surface area contributed by atoms with Gasteiger partial charge in [0, 0.05) is 22.8 Å². The third-order valence-corrected chi connectivity index (χ3v) is 5.85. The highest BCUT2D eigenvalue weighted by Gasteiger charge is 2.17. The zero-order chi connectivity index (χ0) is 20.5. The average Bonchev–Trinajstić information content (AvgIpc) is 3.45. The lowest BCUT2D eigenvalue weighted by atomic mass is 10.0. The maximum Gasteiger partial charge on any atom is 0.132 e. The van der Waals surface area contributed by atoms with Gasteiger partial charge in [-0.3, -0.25) is 4.98 Å². The number of aryl methyl sites for hydroxylation is 1. The Bertz CT molecular complexity index is 1200. The summed E-state index contributed by atoms with van der Waals surface area (Å²) >= 11 is 6.07. The first kappa shape index (κ1) is 19.2. The minimum atomic E-state index is -0.377. The number of halogens is 2. The van der Waals surface area contributed by atoms with Crippen LogP contribution in [0.3, 0.4) is 0 Å². The minimum absolute atomic E-state index is 0.344. The van der Waals surface area contributed by atoms with E-state index in [4.69, 9.17) is 16.6 Å². The molecule has 7 heteroatoms. The van der Waals surface area contributed by atoms with Crippen LogP contribution >= 0.6 is 11.6 Å². The molecule has 1 aromatic carbocycles. The Morgan fingerprint density at radius 2 is 2.03 bits per heavy atom. The van der Waals surface area contributed by atoms with Gasteiger partial charge in [0.05, 0.1) is 28.7 Å². The van der Waals surface area contributed by atoms with Gasteiger partial charge in [0.2, 0.25) is 0 Å². The largest absolute Gasteiger partial charge is 0.343 e. The van der Waals surface area contributed by atoms with E-state index in [9.17, 15) is 4.39 Å². The number of imidazole rings is 1. The van der Waals surface area contributed by atoms with E-state index in [1.807, 2.05) is 18.3 Å². The normalized spacial score (nSPS) is 16.4. The fourth-order valence-electron chi connectivity index (χ4n) is 4.04. The quantitative estimate of drug-likeness (QED) is 0.467. The van der Waals surface area contributed by atoms with Crippen LogP contribution in [0.4, 0.5) is 4.39 Å². The van der Waals surface area contributed by atoms with Crippen molar-refractivity contribution >= 4 is 22.6 Å². The Labute approximate surface area is 178 Å². The SMILES string of the molecule is Fc1ccc(Cl)cc1-c1nc[nH]c1-c1ccc2ncc(CC[C@@H]3CCCN3)cc2n1. The van der Waals surface area contributed by atoms with Crippen LogP contribution in [0.1, 0.15) is 24.8 Å². The molecule has 1 aliphatic heterocycles. The van der Waals surface area contributed by atoms with Gasteiger partial charge in [-0.25, -0.2) is 14.4 Å². The van der Waals surface area contributed by atoms with E-state index in [2.05, 4.69) is 26.3 Å². The first-order valence-electron chi connectivity index (χ1n) is 10.2. The van der Waals surface area contributed by atoms with Crippen molar-refractivity contribution in [3.8, 4) is 22.6 Å². The van der Waals surface area contributed by atoms with E-state index in [0.29, 0.717) is 33.7 Å². The summed E-state index contributed by atoms with van der Waals surface area (Å²) in [6.07, 6.45) is 8.04. The highest BCUT2D eigenvalue weighted by Crippen LogP contribution is 2.32. The fraction of sp³-hybridized carbons (Fsp3) is 0.261. The van der Waals surface area contributed by atoms with Crippen molar-refractivity contribution in [3.05, 3.63) is 65.3 Å². The molecule has 1 fully saturated rings. The van der Waals surface area contributed by atoms with Crippen LogP contribution in [0.15, 0.2) is 48.9 Å². The topological polar surface area (TPSA) is 66.5 Å². The van der Waals surface area contributed by atoms with Crippen molar-refractivity contribution in [1.29, 1.82) is 0 Å². The van der Waals surface area contributed by atoms with Gasteiger partial charge in [-0.2, -0.15) is 0 Å². The summed E-state index contributed by atoms with van der Waals surface area (Å²) in [5, 5.41) is 3.99. The first-order valence-corrected chi connectivity index (χ1v) is 10.5. The van der Waals surface area contributed by atoms with Crippen molar-refractivity contribution in [1.82, 2.24) is 25.3 Å². The summed E-state index contributed by atoms with van der Waals surface area (Å²) in [6.45, 7) is 1.12. The molecule has 5 nitrogen and oxygen atoms in total. The van der Waals surface area contributed by atoms with E-state index in [1.165, 1.54) is 30.5 Å². The van der Waals surface area contributed by atoms with E-state index < -0.39 is 0 Å². The number of pyridine rings is 2. The Balaban J connectivity index is 1.48. The molecule has 0 saturated carbocycles. The molecule has 1 atom stereocenters. The Morgan fingerprint density at radius 1 is 1.10 bits per heavy atom. The van der Waals surface area contributed by atoms with Gasteiger partial charge in [-0.05, 0) is 74.2 Å². The number of H-pyrrole nitrogens is 1. The van der Waals surface area contributed by atoms with Crippen LogP contribution < -0.4 is 5.32 Å². The standard InChI is InChI=1S/C23H21ClFN5/c24-15-4-6-18(25)17(11-15)22-23(29-13-28-22)20-8-7-19-21(30-20)10-14(12-27-19)3-5-16-2-1-9-26-16/h4,6-8,10-13,16,26H,1-3,5,9H2,(H,28,29)/t16-/m0/s1. The van der Waals surface area contributed by atoms with E-state index >= 15 is 0 Å². The molecule has 4 aromatic rings. The molecule has 1 saturated heterocycles. The number of fused-ring (bicyclic) bond motifs is 1. The first-order chi connectivity index (χ1) is 14.7. The maximum atomic E-state index is 14.4. The van der Waals surface area contributed by atoms with Crippen molar-refractivity contribution < 1.29 is 4.39 Å². The molecule has 0 spiro atoms. The van der Waals surface area contributed by atoms with E-state index in [0.717, 1.165) is 30.4 Å². The number of benzene rings is 1. The summed E-state index contributed by atoms with van der Waals surface area (Å²) in [7, 11) is 0. The fourth-order valence-corrected chi connectivity index (χ4v) is 4.21. The molecular weight excluding hydrogens is 401 g/mol. The molecule has 1 aliphatic rings. The lowest BCUT2D eigenvalue weighted by Crippen LogP contribution is -2.21. The van der Waals surface area contributed by atoms with Crippen LogP contribution in [0, 0.1) is 5.82 Å². The van der Waals surface area contributed by atoms with Gasteiger partial charge in [0.15, 0.2) is 0 Å². The van der Waals surface area contributed by atoms with E-state index in [1.54, 1.807) is 12.4 Å². The van der Waals surface area contributed by atoms with Gasteiger partial charge in [-0.15, -0.1) is 0 Å². The molecule has 3 aromatic heterocycles. The molecule has 0 amide bonds. The summed E-state index contributed by atoms with van der Waals surface area (Å²) < 4.78 is 14.4. The number of aromatic amines is 1. The van der Waals surface area contributed by atoms with Gasteiger partial charge >= 0.3 is 0 Å². The molecule has 0 radical (unpaired) electrons. The summed E-state index contributed by atoms with van der Waals surface area (Å²) in [5.41, 5.74) is 4.99. The number of nitrogens with one attached hydrogen (secondary N) is 2. The van der Waals surface area contributed by atoms with Crippen LogP contribution in [-0.2, 0) is 6.42 Å². The smallest absolute Gasteiger partial charge is 0.132 e. The predicted molar refractivity (Wildman–Crippen MR) is 117 cm³/mol. The third-order valence-electron chi connectivity index (χ3n) is 5.62. The van der Waals surface area contributed by atoms with Crippen LogP contribution in [-0.4, -0.2) is 32.5 Å². The van der Waals surface area contributed by atoms with Crippen LogP contribution in [0.2, 0.25) is 5.02 Å². The summed E-state index contributed by atoms with van der Waals surface area (Å²) in [5.74, 6) is -0.377. The minimum Gasteiger partial charge on any atom is -0.343 e. The second-order valence-corrected chi connectivity index (χ2v) is 8.10. The number of aromatic nitrogens is 4. The number of hydrogen-bond acceptors (Lipinski definition) is 4. The zero-order valence-electron chi connectivity index (χ0n) is 16.3.